The summed E-state index contributed by atoms with van der Waals surface area (Å²) >= 11 is 0. The number of ether oxygens (including phenoxy) is 1. The number of nitrogens with one attached hydrogen (secondary N) is 1. The number of likely N-dealkylation sites (tertiary alicyclic amines) is 1. The van der Waals surface area contributed by atoms with Crippen LogP contribution in [0.1, 0.15) is 33.6 Å². The third kappa shape index (κ3) is 5.06. The molecular weight excluding hydrogens is 394 g/mol. The van der Waals surface area contributed by atoms with E-state index in [-0.39, 0.29) is 11.8 Å². The lowest BCUT2D eigenvalue weighted by Crippen LogP contribution is -2.49. The van der Waals surface area contributed by atoms with Crippen LogP contribution in [-0.4, -0.2) is 76.9 Å². The van der Waals surface area contributed by atoms with Crippen molar-refractivity contribution in [3.05, 3.63) is 28.7 Å². The Bertz CT molecular complexity index is 973. The number of piperidine rings is 1. The Kier molecular flexibility index (Phi) is 6.01. The minimum atomic E-state index is -0.437. The van der Waals surface area contributed by atoms with Crippen LogP contribution in [0.25, 0.3) is 11.0 Å². The third-order valence-corrected chi connectivity index (χ3v) is 6.41. The molecule has 4 rings (SSSR count). The Morgan fingerprint density at radius 2 is 1.77 bits per heavy atom. The lowest BCUT2D eigenvalue weighted by molar-refractivity contribution is 0.0169. The third-order valence-electron chi connectivity index (χ3n) is 6.41. The van der Waals surface area contributed by atoms with Gasteiger partial charge in [0.15, 0.2) is 0 Å². The van der Waals surface area contributed by atoms with Gasteiger partial charge in [-0.1, -0.05) is 0 Å². The van der Waals surface area contributed by atoms with E-state index in [1.807, 2.05) is 31.7 Å². The van der Waals surface area contributed by atoms with Gasteiger partial charge in [-0.25, -0.2) is 9.59 Å². The molecule has 0 atom stereocenters. The van der Waals surface area contributed by atoms with Gasteiger partial charge in [0.2, 0.25) is 0 Å². The second-order valence-corrected chi connectivity index (χ2v) is 9.89. The average Bonchev–Trinajstić information content (AvgIpc) is 3.01. The highest BCUT2D eigenvalue weighted by atomic mass is 16.6. The predicted octanol–water partition coefficient (Wildman–Crippen LogP) is 2.64. The number of aromatic nitrogens is 2. The number of benzene rings is 1. The zero-order valence-corrected chi connectivity index (χ0v) is 19.2. The van der Waals surface area contributed by atoms with Crippen molar-refractivity contribution in [1.29, 1.82) is 0 Å². The van der Waals surface area contributed by atoms with Gasteiger partial charge < -0.3 is 19.5 Å². The molecule has 0 spiro atoms. The predicted molar refractivity (Wildman–Crippen MR) is 123 cm³/mol. The fraction of sp³-hybridized carbons (Fsp3) is 0.652. The Hall–Kier alpha value is -2.48. The van der Waals surface area contributed by atoms with E-state index < -0.39 is 5.60 Å². The van der Waals surface area contributed by atoms with E-state index in [0.29, 0.717) is 5.92 Å². The number of carbonyl (C=O) groups excluding carboxylic acids is 1. The van der Waals surface area contributed by atoms with Crippen molar-refractivity contribution < 1.29 is 9.53 Å². The first-order valence-corrected chi connectivity index (χ1v) is 11.3. The largest absolute Gasteiger partial charge is 0.444 e. The van der Waals surface area contributed by atoms with Crippen LogP contribution in [0.15, 0.2) is 23.0 Å². The minimum absolute atomic E-state index is 0.0744. The molecule has 170 valence electrons. The molecule has 0 saturated carbocycles. The average molecular weight is 430 g/mol. The summed E-state index contributed by atoms with van der Waals surface area (Å²) in [5.74, 6) is 0.635. The molecule has 0 bridgehead atoms. The van der Waals surface area contributed by atoms with Crippen molar-refractivity contribution >= 4 is 22.8 Å². The summed E-state index contributed by atoms with van der Waals surface area (Å²) in [4.78, 5) is 33.8. The molecule has 31 heavy (non-hydrogen) atoms. The maximum atomic E-state index is 12.2. The van der Waals surface area contributed by atoms with Crippen LogP contribution < -0.4 is 10.6 Å². The first kappa shape index (κ1) is 21.7. The molecule has 0 unspecified atom stereocenters. The smallest absolute Gasteiger partial charge is 0.410 e. The number of fused-ring (bicyclic) bond motifs is 1. The van der Waals surface area contributed by atoms with Crippen LogP contribution in [0, 0.1) is 5.92 Å². The zero-order chi connectivity index (χ0) is 22.2. The lowest BCUT2D eigenvalue weighted by atomic mass is 9.96. The number of anilines is 1. The van der Waals surface area contributed by atoms with Gasteiger partial charge in [-0.3, -0.25) is 9.47 Å². The van der Waals surface area contributed by atoms with Gasteiger partial charge in [0, 0.05) is 58.5 Å². The van der Waals surface area contributed by atoms with Crippen LogP contribution in [0.3, 0.4) is 0 Å². The molecule has 8 nitrogen and oxygen atoms in total. The summed E-state index contributed by atoms with van der Waals surface area (Å²) in [6.07, 6.45) is 1.89. The molecule has 2 saturated heterocycles. The van der Waals surface area contributed by atoms with E-state index in [4.69, 9.17) is 4.74 Å². The van der Waals surface area contributed by atoms with Gasteiger partial charge in [-0.2, -0.15) is 0 Å². The Morgan fingerprint density at radius 3 is 2.42 bits per heavy atom. The monoisotopic (exact) mass is 429 g/mol. The summed E-state index contributed by atoms with van der Waals surface area (Å²) in [6.45, 7) is 12.5. The maximum absolute atomic E-state index is 12.2. The van der Waals surface area contributed by atoms with Crippen LogP contribution >= 0.6 is 0 Å². The summed E-state index contributed by atoms with van der Waals surface area (Å²) in [6, 6.07) is 6.21. The highest BCUT2D eigenvalue weighted by Gasteiger charge is 2.28. The number of H-pyrrole nitrogens is 1. The van der Waals surface area contributed by atoms with Crippen LogP contribution in [0.5, 0.6) is 0 Å². The van der Waals surface area contributed by atoms with Gasteiger partial charge in [-0.05, 0) is 57.7 Å². The summed E-state index contributed by atoms with van der Waals surface area (Å²) in [5, 5.41) is 0. The van der Waals surface area contributed by atoms with Gasteiger partial charge >= 0.3 is 11.8 Å². The topological polar surface area (TPSA) is 73.8 Å². The van der Waals surface area contributed by atoms with Gasteiger partial charge in [0.25, 0.3) is 0 Å². The first-order chi connectivity index (χ1) is 14.7. The van der Waals surface area contributed by atoms with Gasteiger partial charge in [0.1, 0.15) is 5.60 Å². The molecule has 1 N–H and O–H groups in total. The van der Waals surface area contributed by atoms with Crippen molar-refractivity contribution in [2.24, 2.45) is 13.0 Å². The summed E-state index contributed by atoms with van der Waals surface area (Å²) in [7, 11) is 1.79. The van der Waals surface area contributed by atoms with Gasteiger partial charge in [-0.15, -0.1) is 0 Å². The molecule has 2 aromatic rings. The number of aromatic amines is 1. The lowest BCUT2D eigenvalue weighted by Gasteiger charge is -2.39. The number of hydrogen-bond donors (Lipinski definition) is 1. The van der Waals surface area contributed by atoms with E-state index in [2.05, 4.69) is 26.9 Å². The van der Waals surface area contributed by atoms with E-state index in [1.165, 1.54) is 5.69 Å². The highest BCUT2D eigenvalue weighted by Crippen LogP contribution is 2.24. The second-order valence-electron chi connectivity index (χ2n) is 9.89. The summed E-state index contributed by atoms with van der Waals surface area (Å²) in [5.41, 5.74) is 2.48. The zero-order valence-electron chi connectivity index (χ0n) is 19.2. The molecule has 2 fully saturated rings. The number of carbonyl (C=O) groups is 1. The molecule has 1 aromatic heterocycles. The van der Waals surface area contributed by atoms with E-state index >= 15 is 0 Å². The number of nitrogens with zero attached hydrogens (tertiary/aromatic N) is 4. The highest BCUT2D eigenvalue weighted by molar-refractivity contribution is 5.79. The van der Waals surface area contributed by atoms with Crippen molar-refractivity contribution in [2.75, 3.05) is 50.7 Å². The SMILES string of the molecule is Cn1c(=O)[nH]c2cc(N3CCN(CC4CCN(C(=O)OC(C)(C)C)CC4)CC3)ccc21. The van der Waals surface area contributed by atoms with Crippen molar-refractivity contribution in [3.63, 3.8) is 0 Å². The Balaban J connectivity index is 1.25. The molecule has 1 amide bonds. The molecule has 1 aromatic carbocycles. The van der Waals surface area contributed by atoms with Crippen molar-refractivity contribution in [3.8, 4) is 0 Å². The van der Waals surface area contributed by atoms with Crippen LogP contribution in [0.4, 0.5) is 10.5 Å². The van der Waals surface area contributed by atoms with E-state index in [0.717, 1.165) is 69.7 Å². The first-order valence-electron chi connectivity index (χ1n) is 11.3. The molecule has 8 heteroatoms. The van der Waals surface area contributed by atoms with E-state index in [9.17, 15) is 9.59 Å². The molecule has 0 aliphatic carbocycles. The summed E-state index contributed by atoms with van der Waals surface area (Å²) < 4.78 is 7.15. The second kappa shape index (κ2) is 8.57. The Morgan fingerprint density at radius 1 is 1.10 bits per heavy atom. The number of aryl methyl sites for hydroxylation is 1. The Labute approximate surface area is 183 Å². The minimum Gasteiger partial charge on any atom is -0.444 e. The van der Waals surface area contributed by atoms with Gasteiger partial charge in [0.05, 0.1) is 11.0 Å². The number of rotatable bonds is 3. The van der Waals surface area contributed by atoms with Crippen LogP contribution in [-0.2, 0) is 11.8 Å². The maximum Gasteiger partial charge on any atom is 0.410 e. The number of imidazole rings is 1. The molecular formula is C23H35N5O3. The quantitative estimate of drug-likeness (QED) is 0.812. The molecule has 2 aliphatic heterocycles. The normalized spacial score (nSPS) is 19.2. The number of amides is 1. The molecule has 0 radical (unpaired) electrons. The van der Waals surface area contributed by atoms with Crippen molar-refractivity contribution in [2.45, 2.75) is 39.2 Å². The number of hydrogen-bond acceptors (Lipinski definition) is 5. The molecule has 2 aliphatic rings. The number of piperazine rings is 1. The van der Waals surface area contributed by atoms with E-state index in [1.54, 1.807) is 11.6 Å². The van der Waals surface area contributed by atoms with Crippen LogP contribution in [0.2, 0.25) is 0 Å². The fourth-order valence-electron chi connectivity index (χ4n) is 4.60. The molecule has 3 heterocycles. The van der Waals surface area contributed by atoms with Crippen molar-refractivity contribution in [1.82, 2.24) is 19.4 Å². The standard InChI is InChI=1S/C23H35N5O3/c1-23(2,3)31-22(30)28-9-7-17(8-10-28)16-26-11-13-27(14-12-26)18-5-6-20-19(15-18)24-21(29)25(20)4/h5-6,15,17H,7-14,16H2,1-4H3,(H,24,29). The fourth-order valence-corrected chi connectivity index (χ4v) is 4.60.